The first-order valence-electron chi connectivity index (χ1n) is 4.98. The van der Waals surface area contributed by atoms with Crippen molar-refractivity contribution in [2.45, 2.75) is 0 Å². The average Bonchev–Trinajstić information content (AvgIpc) is 2.30. The van der Waals surface area contributed by atoms with E-state index in [0.29, 0.717) is 0 Å². The van der Waals surface area contributed by atoms with Gasteiger partial charge in [0.25, 0.3) is 0 Å². The SMILES string of the molecule is Br.O=P(O)(Oc1ccccc1)Oc1ccccc1. The summed E-state index contributed by atoms with van der Waals surface area (Å²) in [7, 11) is -4.14. The van der Waals surface area contributed by atoms with E-state index in [9.17, 15) is 9.46 Å². The zero-order chi connectivity index (χ0) is 12.1. The Balaban J connectivity index is 0.00000162. The third kappa shape index (κ3) is 4.53. The summed E-state index contributed by atoms with van der Waals surface area (Å²) in [6, 6.07) is 16.7. The fourth-order valence-electron chi connectivity index (χ4n) is 1.25. The Morgan fingerprint density at radius 2 is 1.11 bits per heavy atom. The molecule has 1 N–H and O–H groups in total. The van der Waals surface area contributed by atoms with Crippen LogP contribution < -0.4 is 9.05 Å². The Hall–Kier alpha value is -1.29. The molecule has 0 bridgehead atoms. The van der Waals surface area contributed by atoms with Crippen molar-refractivity contribution in [2.75, 3.05) is 0 Å². The van der Waals surface area contributed by atoms with Crippen molar-refractivity contribution < 1.29 is 18.5 Å². The van der Waals surface area contributed by atoms with Crippen molar-refractivity contribution in [1.29, 1.82) is 0 Å². The lowest BCUT2D eigenvalue weighted by atomic mass is 10.3. The quantitative estimate of drug-likeness (QED) is 0.866. The lowest BCUT2D eigenvalue weighted by Crippen LogP contribution is -1.99. The first-order valence-corrected chi connectivity index (χ1v) is 6.47. The van der Waals surface area contributed by atoms with Crippen molar-refractivity contribution in [2.24, 2.45) is 0 Å². The number of para-hydroxylation sites is 2. The highest BCUT2D eigenvalue weighted by Crippen LogP contribution is 2.43. The Morgan fingerprint density at radius 3 is 1.44 bits per heavy atom. The Morgan fingerprint density at radius 1 is 0.778 bits per heavy atom. The summed E-state index contributed by atoms with van der Waals surface area (Å²) < 4.78 is 21.5. The summed E-state index contributed by atoms with van der Waals surface area (Å²) >= 11 is 0. The van der Waals surface area contributed by atoms with E-state index < -0.39 is 7.82 Å². The van der Waals surface area contributed by atoms with Gasteiger partial charge in [0.05, 0.1) is 0 Å². The molecule has 0 saturated heterocycles. The first kappa shape index (κ1) is 14.8. The van der Waals surface area contributed by atoms with Crippen LogP contribution in [0.2, 0.25) is 0 Å². The van der Waals surface area contributed by atoms with Crippen molar-refractivity contribution in [3.63, 3.8) is 0 Å². The molecule has 0 radical (unpaired) electrons. The summed E-state index contributed by atoms with van der Waals surface area (Å²) in [5.74, 6) is 0.573. The monoisotopic (exact) mass is 330 g/mol. The molecule has 2 aromatic rings. The van der Waals surface area contributed by atoms with Crippen LogP contribution in [0.15, 0.2) is 60.7 Å². The lowest BCUT2D eigenvalue weighted by molar-refractivity contribution is 0.291. The first-order chi connectivity index (χ1) is 8.16. The van der Waals surface area contributed by atoms with Crippen LogP contribution in [0, 0.1) is 0 Å². The van der Waals surface area contributed by atoms with Crippen LogP contribution >= 0.6 is 24.8 Å². The second-order valence-corrected chi connectivity index (χ2v) is 4.58. The smallest absolute Gasteiger partial charge is 0.395 e. The molecule has 0 aliphatic rings. The highest BCUT2D eigenvalue weighted by molar-refractivity contribution is 8.93. The zero-order valence-corrected chi connectivity index (χ0v) is 11.9. The van der Waals surface area contributed by atoms with Crippen LogP contribution in [0.5, 0.6) is 11.5 Å². The third-order valence-electron chi connectivity index (χ3n) is 1.93. The second kappa shape index (κ2) is 6.59. The molecular formula is C12H12BrO4P. The van der Waals surface area contributed by atoms with Gasteiger partial charge in [0, 0.05) is 0 Å². The molecule has 0 atom stereocenters. The lowest BCUT2D eigenvalue weighted by Gasteiger charge is -2.13. The van der Waals surface area contributed by atoms with Crippen LogP contribution in [0.1, 0.15) is 0 Å². The predicted molar refractivity (Wildman–Crippen MR) is 74.3 cm³/mol. The second-order valence-electron chi connectivity index (χ2n) is 3.28. The summed E-state index contributed by atoms with van der Waals surface area (Å²) in [6.07, 6.45) is 0. The maximum atomic E-state index is 11.7. The van der Waals surface area contributed by atoms with Gasteiger partial charge in [-0.2, -0.15) is 0 Å². The normalized spacial score (nSPS) is 10.3. The molecular weight excluding hydrogens is 319 g/mol. The molecule has 18 heavy (non-hydrogen) atoms. The van der Waals surface area contributed by atoms with Crippen molar-refractivity contribution >= 4 is 24.8 Å². The maximum absolute atomic E-state index is 11.7. The zero-order valence-electron chi connectivity index (χ0n) is 9.30. The molecule has 96 valence electrons. The Bertz CT molecular complexity index is 473. The number of rotatable bonds is 4. The molecule has 2 aromatic carbocycles. The van der Waals surface area contributed by atoms with Crippen LogP contribution in [0.4, 0.5) is 0 Å². The van der Waals surface area contributed by atoms with E-state index in [-0.39, 0.29) is 28.5 Å². The summed E-state index contributed by atoms with van der Waals surface area (Å²) in [6.45, 7) is 0. The predicted octanol–water partition coefficient (Wildman–Crippen LogP) is 3.82. The van der Waals surface area contributed by atoms with Crippen LogP contribution in [0.3, 0.4) is 0 Å². The molecule has 4 nitrogen and oxygen atoms in total. The van der Waals surface area contributed by atoms with Gasteiger partial charge in [0.2, 0.25) is 0 Å². The molecule has 0 unspecified atom stereocenters. The van der Waals surface area contributed by atoms with E-state index >= 15 is 0 Å². The van der Waals surface area contributed by atoms with E-state index in [1.54, 1.807) is 60.7 Å². The van der Waals surface area contributed by atoms with Crippen LogP contribution in [-0.4, -0.2) is 4.89 Å². The molecule has 0 aromatic heterocycles. The Kier molecular flexibility index (Phi) is 5.41. The van der Waals surface area contributed by atoms with Crippen molar-refractivity contribution in [3.05, 3.63) is 60.7 Å². The Labute approximate surface area is 116 Å². The van der Waals surface area contributed by atoms with Crippen LogP contribution in [-0.2, 0) is 4.57 Å². The fraction of sp³-hybridized carbons (Fsp3) is 0. The summed E-state index contributed by atoms with van der Waals surface area (Å²) in [4.78, 5) is 9.53. The number of hydrogen-bond acceptors (Lipinski definition) is 3. The maximum Gasteiger partial charge on any atom is 0.584 e. The van der Waals surface area contributed by atoms with E-state index in [1.807, 2.05) is 0 Å². The molecule has 0 amide bonds. The van der Waals surface area contributed by atoms with Gasteiger partial charge >= 0.3 is 7.82 Å². The van der Waals surface area contributed by atoms with E-state index in [4.69, 9.17) is 9.05 Å². The molecule has 2 rings (SSSR count). The molecule has 0 fully saturated rings. The standard InChI is InChI=1S/C12H11O4P.BrH/c13-17(14,15-11-7-3-1-4-8-11)16-12-9-5-2-6-10-12;/h1-10H,(H,13,14);1H. The van der Waals surface area contributed by atoms with Gasteiger partial charge in [-0.15, -0.1) is 17.0 Å². The van der Waals surface area contributed by atoms with Crippen molar-refractivity contribution in [1.82, 2.24) is 0 Å². The van der Waals surface area contributed by atoms with Gasteiger partial charge in [-0.05, 0) is 24.3 Å². The van der Waals surface area contributed by atoms with E-state index in [1.165, 1.54) is 0 Å². The minimum Gasteiger partial charge on any atom is -0.395 e. The number of phosphoric ester groups is 1. The van der Waals surface area contributed by atoms with Crippen molar-refractivity contribution in [3.8, 4) is 11.5 Å². The molecule has 0 saturated carbocycles. The minimum absolute atomic E-state index is 0. The molecule has 0 aliphatic carbocycles. The van der Waals surface area contributed by atoms with Gasteiger partial charge in [0.15, 0.2) is 0 Å². The third-order valence-corrected chi connectivity index (χ3v) is 2.81. The van der Waals surface area contributed by atoms with Gasteiger partial charge in [0.1, 0.15) is 11.5 Å². The van der Waals surface area contributed by atoms with Crippen LogP contribution in [0.25, 0.3) is 0 Å². The van der Waals surface area contributed by atoms with E-state index in [2.05, 4.69) is 0 Å². The molecule has 0 heterocycles. The number of hydrogen-bond donors (Lipinski definition) is 1. The molecule has 0 aliphatic heterocycles. The van der Waals surface area contributed by atoms with Gasteiger partial charge in [-0.1, -0.05) is 36.4 Å². The fourth-order valence-corrected chi connectivity index (χ4v) is 2.06. The highest BCUT2D eigenvalue weighted by Gasteiger charge is 2.24. The largest absolute Gasteiger partial charge is 0.584 e. The van der Waals surface area contributed by atoms with Gasteiger partial charge in [-0.3, -0.25) is 4.89 Å². The molecule has 6 heteroatoms. The number of benzene rings is 2. The average molecular weight is 331 g/mol. The van der Waals surface area contributed by atoms with E-state index in [0.717, 1.165) is 0 Å². The summed E-state index contributed by atoms with van der Waals surface area (Å²) in [5.41, 5.74) is 0. The summed E-state index contributed by atoms with van der Waals surface area (Å²) in [5, 5.41) is 0. The highest BCUT2D eigenvalue weighted by atomic mass is 79.9. The molecule has 0 spiro atoms. The minimum atomic E-state index is -4.14. The number of phosphoric acid groups is 1. The van der Waals surface area contributed by atoms with Gasteiger partial charge in [-0.25, -0.2) is 4.57 Å². The topological polar surface area (TPSA) is 55.8 Å². The number of halogens is 1. The van der Waals surface area contributed by atoms with Gasteiger partial charge < -0.3 is 9.05 Å².